The Hall–Kier alpha value is -2.26. The number of aryl methyl sites for hydroxylation is 3. The summed E-state index contributed by atoms with van der Waals surface area (Å²) in [6.07, 6.45) is -0.728. The number of benzene rings is 1. The van der Waals surface area contributed by atoms with E-state index in [1.165, 1.54) is 0 Å². The first-order valence-corrected chi connectivity index (χ1v) is 9.35. The molecule has 3 rings (SSSR count). The van der Waals surface area contributed by atoms with E-state index in [0.29, 0.717) is 0 Å². The highest BCUT2D eigenvalue weighted by Crippen LogP contribution is 2.38. The first kappa shape index (κ1) is 23.0. The van der Waals surface area contributed by atoms with Crippen LogP contribution in [0, 0.1) is 13.8 Å². The lowest BCUT2D eigenvalue weighted by Crippen LogP contribution is -2.34. The molecule has 0 atom stereocenters. The van der Waals surface area contributed by atoms with E-state index >= 15 is 0 Å². The first-order valence-electron chi connectivity index (χ1n) is 8.97. The van der Waals surface area contributed by atoms with Crippen molar-refractivity contribution >= 4 is 17.6 Å². The number of rotatable bonds is 3. The molecule has 0 spiro atoms. The largest absolute Gasteiger partial charge is 0.490 e. The fourth-order valence-corrected chi connectivity index (χ4v) is 3.30. The van der Waals surface area contributed by atoms with Crippen molar-refractivity contribution in [3.63, 3.8) is 0 Å². The molecule has 0 aliphatic carbocycles. The van der Waals surface area contributed by atoms with Gasteiger partial charge in [-0.25, -0.2) is 4.79 Å². The second kappa shape index (κ2) is 9.49. The molecular weight excluding hydrogens is 411 g/mol. The third-order valence-corrected chi connectivity index (χ3v) is 4.57. The maximum atomic E-state index is 10.6. The van der Waals surface area contributed by atoms with Crippen LogP contribution in [0.3, 0.4) is 0 Å². The number of alkyl halides is 3. The van der Waals surface area contributed by atoms with Crippen molar-refractivity contribution in [2.24, 2.45) is 7.05 Å². The number of aromatic nitrogens is 2. The molecule has 1 fully saturated rings. The molecule has 29 heavy (non-hydrogen) atoms. The van der Waals surface area contributed by atoms with Gasteiger partial charge in [0.05, 0.1) is 5.69 Å². The number of carboxylic acid groups (broad SMARTS) is 1. The van der Waals surface area contributed by atoms with Crippen molar-refractivity contribution < 1.29 is 27.8 Å². The van der Waals surface area contributed by atoms with Gasteiger partial charge in [-0.3, -0.25) is 4.68 Å². The number of piperidine rings is 1. The van der Waals surface area contributed by atoms with Gasteiger partial charge in [0.25, 0.3) is 0 Å². The molecule has 0 amide bonds. The van der Waals surface area contributed by atoms with Crippen LogP contribution in [0.4, 0.5) is 13.2 Å². The number of hydrogen-bond acceptors (Lipinski definition) is 4. The monoisotopic (exact) mass is 433 g/mol. The highest BCUT2D eigenvalue weighted by molar-refractivity contribution is 6.31. The molecule has 2 aromatic rings. The zero-order chi connectivity index (χ0) is 21.8. The molecule has 2 heterocycles. The van der Waals surface area contributed by atoms with Crippen LogP contribution in [0.2, 0.25) is 5.02 Å². The van der Waals surface area contributed by atoms with E-state index in [2.05, 4.69) is 17.3 Å². The van der Waals surface area contributed by atoms with Crippen molar-refractivity contribution in [1.82, 2.24) is 15.1 Å². The van der Waals surface area contributed by atoms with Gasteiger partial charge in [0, 0.05) is 29.4 Å². The van der Waals surface area contributed by atoms with Crippen LogP contribution < -0.4 is 10.1 Å². The van der Waals surface area contributed by atoms with Gasteiger partial charge in [0.2, 0.25) is 0 Å². The lowest BCUT2D eigenvalue weighted by Gasteiger charge is -2.26. The van der Waals surface area contributed by atoms with Crippen molar-refractivity contribution in [1.29, 1.82) is 0 Å². The summed E-state index contributed by atoms with van der Waals surface area (Å²) in [7, 11) is 1.93. The molecule has 1 saturated heterocycles. The Kier molecular flexibility index (Phi) is 7.54. The molecule has 10 heteroatoms. The van der Waals surface area contributed by atoms with E-state index in [1.807, 2.05) is 37.0 Å². The number of carboxylic acids is 1. The van der Waals surface area contributed by atoms with E-state index in [-0.39, 0.29) is 6.10 Å². The quantitative estimate of drug-likeness (QED) is 0.761. The van der Waals surface area contributed by atoms with E-state index in [4.69, 9.17) is 26.2 Å². The standard InChI is InChI=1S/C17H22ClN3O.C2HF3O2/c1-11-8-13(18)9-15(16-10-21(3)20-12(16)2)17(11)22-14-4-6-19-7-5-14;3-2(4,5)1(6)7/h8-10,14,19H,4-7H2,1-3H3;(H,6,7). The van der Waals surface area contributed by atoms with Crippen LogP contribution in [0.5, 0.6) is 5.75 Å². The van der Waals surface area contributed by atoms with Gasteiger partial charge in [0.15, 0.2) is 0 Å². The minimum absolute atomic E-state index is 0.261. The van der Waals surface area contributed by atoms with Crippen molar-refractivity contribution in [2.45, 2.75) is 39.0 Å². The Morgan fingerprint density at radius 3 is 2.34 bits per heavy atom. The third-order valence-electron chi connectivity index (χ3n) is 4.36. The Balaban J connectivity index is 0.000000370. The molecule has 1 aromatic carbocycles. The van der Waals surface area contributed by atoms with Gasteiger partial charge in [-0.05, 0) is 57.5 Å². The van der Waals surface area contributed by atoms with E-state index in [0.717, 1.165) is 59.1 Å². The summed E-state index contributed by atoms with van der Waals surface area (Å²) in [4.78, 5) is 8.90. The van der Waals surface area contributed by atoms with Gasteiger partial charge in [-0.2, -0.15) is 18.3 Å². The maximum Gasteiger partial charge on any atom is 0.490 e. The summed E-state index contributed by atoms with van der Waals surface area (Å²) in [6.45, 7) is 6.09. The number of nitrogens with one attached hydrogen (secondary N) is 1. The molecule has 1 aromatic heterocycles. The molecule has 0 radical (unpaired) electrons. The Labute approximate surface area is 171 Å². The van der Waals surface area contributed by atoms with Crippen molar-refractivity contribution in [3.05, 3.63) is 34.6 Å². The number of halogens is 4. The summed E-state index contributed by atoms with van der Waals surface area (Å²) in [5, 5.41) is 15.7. The molecule has 1 aliphatic rings. The number of nitrogens with zero attached hydrogens (tertiary/aromatic N) is 2. The van der Waals surface area contributed by atoms with Crippen molar-refractivity contribution in [2.75, 3.05) is 13.1 Å². The normalized spacial score (nSPS) is 14.9. The van der Waals surface area contributed by atoms with E-state index in [1.54, 1.807) is 0 Å². The molecule has 6 nitrogen and oxygen atoms in total. The average molecular weight is 434 g/mol. The van der Waals surface area contributed by atoms with Crippen LogP contribution in [-0.2, 0) is 11.8 Å². The summed E-state index contributed by atoms with van der Waals surface area (Å²) in [5.74, 6) is -1.82. The summed E-state index contributed by atoms with van der Waals surface area (Å²) in [6, 6.07) is 3.95. The molecule has 2 N–H and O–H groups in total. The van der Waals surface area contributed by atoms with E-state index < -0.39 is 12.1 Å². The minimum atomic E-state index is -5.08. The smallest absolute Gasteiger partial charge is 0.489 e. The van der Waals surface area contributed by atoms with Gasteiger partial charge in [-0.1, -0.05) is 11.6 Å². The Bertz CT molecular complexity index is 862. The SMILES string of the molecule is Cc1cc(Cl)cc(-c2cn(C)nc2C)c1OC1CCNCC1.O=C(O)C(F)(F)F. The summed E-state index contributed by atoms with van der Waals surface area (Å²) >= 11 is 6.28. The molecule has 0 saturated carbocycles. The second-order valence-corrected chi connectivity index (χ2v) is 7.21. The Morgan fingerprint density at radius 1 is 1.28 bits per heavy atom. The average Bonchev–Trinajstić information content (AvgIpc) is 2.96. The zero-order valence-electron chi connectivity index (χ0n) is 16.3. The number of hydrogen-bond donors (Lipinski definition) is 2. The first-order chi connectivity index (χ1) is 13.5. The fourth-order valence-electron chi connectivity index (χ4n) is 3.03. The van der Waals surface area contributed by atoms with E-state index in [9.17, 15) is 13.2 Å². The maximum absolute atomic E-state index is 10.6. The molecule has 0 bridgehead atoms. The number of carbonyl (C=O) groups is 1. The highest BCUT2D eigenvalue weighted by atomic mass is 35.5. The molecule has 1 aliphatic heterocycles. The second-order valence-electron chi connectivity index (χ2n) is 6.77. The van der Waals surface area contributed by atoms with Crippen LogP contribution >= 0.6 is 11.6 Å². The molecule has 0 unspecified atom stereocenters. The molecular formula is C19H23ClF3N3O3. The minimum Gasteiger partial charge on any atom is -0.489 e. The fraction of sp³-hybridized carbons (Fsp3) is 0.474. The van der Waals surface area contributed by atoms with Crippen LogP contribution in [0.15, 0.2) is 18.3 Å². The van der Waals surface area contributed by atoms with Crippen molar-refractivity contribution in [3.8, 4) is 16.9 Å². The number of aliphatic carboxylic acids is 1. The van der Waals surface area contributed by atoms with Crippen LogP contribution in [-0.4, -0.2) is 46.2 Å². The molecule has 160 valence electrons. The summed E-state index contributed by atoms with van der Waals surface area (Å²) < 4.78 is 39.9. The van der Waals surface area contributed by atoms with Crippen LogP contribution in [0.1, 0.15) is 24.1 Å². The van der Waals surface area contributed by atoms with Gasteiger partial charge in [-0.15, -0.1) is 0 Å². The van der Waals surface area contributed by atoms with Gasteiger partial charge < -0.3 is 15.2 Å². The topological polar surface area (TPSA) is 76.4 Å². The Morgan fingerprint density at radius 2 is 1.86 bits per heavy atom. The third kappa shape index (κ3) is 6.37. The predicted molar refractivity (Wildman–Crippen MR) is 103 cm³/mol. The predicted octanol–water partition coefficient (Wildman–Crippen LogP) is 4.12. The zero-order valence-corrected chi connectivity index (χ0v) is 17.1. The number of ether oxygens (including phenoxy) is 1. The van der Waals surface area contributed by atoms with Gasteiger partial charge >= 0.3 is 12.1 Å². The summed E-state index contributed by atoms with van der Waals surface area (Å²) in [5.41, 5.74) is 4.18. The lowest BCUT2D eigenvalue weighted by molar-refractivity contribution is -0.192. The lowest BCUT2D eigenvalue weighted by atomic mass is 10.0. The van der Waals surface area contributed by atoms with Gasteiger partial charge in [0.1, 0.15) is 11.9 Å². The highest BCUT2D eigenvalue weighted by Gasteiger charge is 2.38. The van der Waals surface area contributed by atoms with Crippen LogP contribution in [0.25, 0.3) is 11.1 Å².